The second kappa shape index (κ2) is 12.3. The number of hydrogen-bond donors (Lipinski definition) is 1. The molecular formula is C26H17Cl4N3O8. The van der Waals surface area contributed by atoms with Crippen molar-refractivity contribution in [1.82, 2.24) is 4.90 Å². The molecular weight excluding hydrogens is 624 g/mol. The minimum atomic E-state index is -1.56. The SMILES string of the molecule is COc1ccc(NC(=O)COC(=O)C(Cc2ccccc2)N2C(=O)c3c(Cl)c(Cl)c(Cl)c(Cl)c3C2=O)c([N+](=O)[O-])c1. The Morgan fingerprint density at radius 1 is 0.951 bits per heavy atom. The minimum Gasteiger partial charge on any atom is -0.496 e. The lowest BCUT2D eigenvalue weighted by atomic mass is 10.0. The number of nitrogens with zero attached hydrogens (tertiary/aromatic N) is 2. The lowest BCUT2D eigenvalue weighted by Crippen LogP contribution is -2.47. The first-order valence-corrected chi connectivity index (χ1v) is 13.0. The van der Waals surface area contributed by atoms with Gasteiger partial charge in [0, 0.05) is 6.42 Å². The van der Waals surface area contributed by atoms with Crippen LogP contribution in [0.3, 0.4) is 0 Å². The zero-order valence-electron chi connectivity index (χ0n) is 20.8. The standard InChI is InChI=1S/C26H17Cl4N3O8/c1-40-13-7-8-14(15(10-13)33(38)39)31-17(34)11-41-26(37)16(9-12-5-3-2-4-6-12)32-24(35)18-19(25(32)36)21(28)23(30)22(29)20(18)27/h2-8,10,16H,9,11H2,1H3,(H,31,34). The third-order valence-corrected chi connectivity index (χ3v) is 7.81. The molecule has 41 heavy (non-hydrogen) atoms. The van der Waals surface area contributed by atoms with Gasteiger partial charge in [-0.2, -0.15) is 0 Å². The second-order valence-corrected chi connectivity index (χ2v) is 10.00. The van der Waals surface area contributed by atoms with E-state index in [9.17, 15) is 29.3 Å². The van der Waals surface area contributed by atoms with E-state index < -0.39 is 47.0 Å². The van der Waals surface area contributed by atoms with E-state index in [2.05, 4.69) is 5.32 Å². The smallest absolute Gasteiger partial charge is 0.330 e. The van der Waals surface area contributed by atoms with E-state index in [0.717, 1.165) is 6.07 Å². The number of imide groups is 1. The van der Waals surface area contributed by atoms with Crippen molar-refractivity contribution in [1.29, 1.82) is 0 Å². The van der Waals surface area contributed by atoms with Crippen LogP contribution in [0.1, 0.15) is 26.3 Å². The van der Waals surface area contributed by atoms with Gasteiger partial charge in [0.15, 0.2) is 6.61 Å². The predicted octanol–water partition coefficient (Wildman–Crippen LogP) is 5.61. The van der Waals surface area contributed by atoms with Gasteiger partial charge < -0.3 is 14.8 Å². The number of nitro groups is 1. The molecule has 0 radical (unpaired) electrons. The fourth-order valence-corrected chi connectivity index (χ4v) is 5.10. The number of methoxy groups -OCH3 is 1. The maximum atomic E-state index is 13.4. The van der Waals surface area contributed by atoms with E-state index >= 15 is 0 Å². The maximum absolute atomic E-state index is 13.4. The summed E-state index contributed by atoms with van der Waals surface area (Å²) in [6, 6.07) is 10.6. The van der Waals surface area contributed by atoms with E-state index in [1.54, 1.807) is 30.3 Å². The van der Waals surface area contributed by atoms with Gasteiger partial charge in [0.2, 0.25) is 0 Å². The average Bonchev–Trinajstić information content (AvgIpc) is 3.22. The van der Waals surface area contributed by atoms with Gasteiger partial charge in [-0.25, -0.2) is 4.79 Å². The first-order valence-electron chi connectivity index (χ1n) is 11.5. The van der Waals surface area contributed by atoms with Gasteiger partial charge in [0.1, 0.15) is 17.5 Å². The highest BCUT2D eigenvalue weighted by atomic mass is 35.5. The number of carbonyl (C=O) groups excluding carboxylic acids is 4. The van der Waals surface area contributed by atoms with E-state index in [0.29, 0.717) is 10.5 Å². The van der Waals surface area contributed by atoms with E-state index in [1.807, 2.05) is 0 Å². The summed E-state index contributed by atoms with van der Waals surface area (Å²) in [7, 11) is 1.32. The molecule has 0 fully saturated rings. The van der Waals surface area contributed by atoms with Crippen LogP contribution < -0.4 is 10.1 Å². The number of anilines is 1. The van der Waals surface area contributed by atoms with Crippen molar-refractivity contribution in [2.45, 2.75) is 12.5 Å². The second-order valence-electron chi connectivity index (χ2n) is 8.49. The van der Waals surface area contributed by atoms with Crippen molar-refractivity contribution in [3.63, 3.8) is 0 Å². The molecule has 3 aromatic carbocycles. The average molecular weight is 641 g/mol. The molecule has 212 valence electrons. The Kier molecular flexibility index (Phi) is 9.03. The maximum Gasteiger partial charge on any atom is 0.330 e. The highest BCUT2D eigenvalue weighted by molar-refractivity contribution is 6.55. The van der Waals surface area contributed by atoms with Crippen LogP contribution in [-0.4, -0.2) is 53.3 Å². The van der Waals surface area contributed by atoms with Crippen molar-refractivity contribution >= 4 is 81.5 Å². The number of esters is 1. The molecule has 0 bridgehead atoms. The Morgan fingerprint density at radius 2 is 1.54 bits per heavy atom. The van der Waals surface area contributed by atoms with Crippen molar-refractivity contribution in [2.75, 3.05) is 19.0 Å². The van der Waals surface area contributed by atoms with Gasteiger partial charge >= 0.3 is 5.97 Å². The van der Waals surface area contributed by atoms with E-state index in [4.69, 9.17) is 55.9 Å². The summed E-state index contributed by atoms with van der Waals surface area (Å²) in [5.74, 6) is -3.78. The molecule has 4 rings (SSSR count). The fraction of sp³-hybridized carbons (Fsp3) is 0.154. The predicted molar refractivity (Wildman–Crippen MR) is 150 cm³/mol. The van der Waals surface area contributed by atoms with Crippen LogP contribution >= 0.6 is 46.4 Å². The molecule has 1 unspecified atom stereocenters. The molecule has 0 spiro atoms. The van der Waals surface area contributed by atoms with Crippen molar-refractivity contribution in [3.05, 3.63) is 95.4 Å². The van der Waals surface area contributed by atoms with Crippen LogP contribution in [0.25, 0.3) is 0 Å². The monoisotopic (exact) mass is 639 g/mol. The van der Waals surface area contributed by atoms with Gasteiger partial charge in [-0.1, -0.05) is 76.7 Å². The van der Waals surface area contributed by atoms with Gasteiger partial charge in [-0.05, 0) is 17.7 Å². The normalized spacial score (nSPS) is 13.0. The van der Waals surface area contributed by atoms with Crippen LogP contribution in [0, 0.1) is 10.1 Å². The quantitative estimate of drug-likeness (QED) is 0.0794. The third kappa shape index (κ3) is 5.94. The van der Waals surface area contributed by atoms with E-state index in [-0.39, 0.29) is 49.1 Å². The van der Waals surface area contributed by atoms with Crippen molar-refractivity contribution in [2.24, 2.45) is 0 Å². The fourth-order valence-electron chi connectivity index (χ4n) is 4.08. The van der Waals surface area contributed by atoms with E-state index in [1.165, 1.54) is 19.2 Å². The van der Waals surface area contributed by atoms with Crippen LogP contribution in [0.4, 0.5) is 11.4 Å². The summed E-state index contributed by atoms with van der Waals surface area (Å²) in [5.41, 5.74) is -0.727. The minimum absolute atomic E-state index is 0.170. The van der Waals surface area contributed by atoms with Crippen LogP contribution in [0.5, 0.6) is 5.75 Å². The highest BCUT2D eigenvalue weighted by Crippen LogP contribution is 2.45. The summed E-state index contributed by atoms with van der Waals surface area (Å²) >= 11 is 24.6. The molecule has 1 atom stereocenters. The molecule has 1 N–H and O–H groups in total. The molecule has 0 saturated carbocycles. The molecule has 0 saturated heterocycles. The number of halogens is 4. The molecule has 15 heteroatoms. The molecule has 3 aromatic rings. The Labute approximate surface area is 252 Å². The Hall–Kier alpha value is -3.90. The number of benzene rings is 3. The Bertz CT molecular complexity index is 1550. The lowest BCUT2D eigenvalue weighted by Gasteiger charge is -2.24. The highest BCUT2D eigenvalue weighted by Gasteiger charge is 2.47. The lowest BCUT2D eigenvalue weighted by molar-refractivity contribution is -0.384. The zero-order valence-corrected chi connectivity index (χ0v) is 23.8. The zero-order chi connectivity index (χ0) is 30.0. The summed E-state index contributed by atoms with van der Waals surface area (Å²) in [6.07, 6.45) is -0.187. The first kappa shape index (κ1) is 30.1. The van der Waals surface area contributed by atoms with Crippen LogP contribution in [-0.2, 0) is 20.7 Å². The molecule has 0 aromatic heterocycles. The van der Waals surface area contributed by atoms with Crippen LogP contribution in [0.15, 0.2) is 48.5 Å². The number of hydrogen-bond acceptors (Lipinski definition) is 8. The number of carbonyl (C=O) groups is 4. The number of amides is 3. The Morgan fingerprint density at radius 3 is 2.07 bits per heavy atom. The summed E-state index contributed by atoms with van der Waals surface area (Å²) in [6.45, 7) is -0.893. The molecule has 11 nitrogen and oxygen atoms in total. The van der Waals surface area contributed by atoms with Gasteiger partial charge in [0.25, 0.3) is 23.4 Å². The topological polar surface area (TPSA) is 145 Å². The van der Waals surface area contributed by atoms with Crippen molar-refractivity contribution in [3.8, 4) is 5.75 Å². The number of ether oxygens (including phenoxy) is 2. The molecule has 1 aliphatic rings. The molecule has 0 aliphatic carbocycles. The number of rotatable bonds is 9. The summed E-state index contributed by atoms with van der Waals surface area (Å²) in [5, 5.41) is 12.6. The van der Waals surface area contributed by atoms with Gasteiger partial charge in [-0.15, -0.1) is 0 Å². The summed E-state index contributed by atoms with van der Waals surface area (Å²) < 4.78 is 10.1. The third-order valence-electron chi connectivity index (χ3n) is 6.01. The summed E-state index contributed by atoms with van der Waals surface area (Å²) in [4.78, 5) is 64.0. The number of nitrogens with one attached hydrogen (secondary N) is 1. The molecule has 1 heterocycles. The number of nitro benzene ring substituents is 1. The molecule has 3 amide bonds. The van der Waals surface area contributed by atoms with Gasteiger partial charge in [-0.3, -0.25) is 29.4 Å². The first-order chi connectivity index (χ1) is 19.5. The van der Waals surface area contributed by atoms with Gasteiger partial charge in [0.05, 0.1) is 49.3 Å². The largest absolute Gasteiger partial charge is 0.496 e. The number of fused-ring (bicyclic) bond motifs is 1. The molecule has 1 aliphatic heterocycles. The van der Waals surface area contributed by atoms with Crippen molar-refractivity contribution < 1.29 is 33.6 Å². The van der Waals surface area contributed by atoms with Crippen LogP contribution in [0.2, 0.25) is 20.1 Å². The Balaban J connectivity index is 1.60.